The Morgan fingerprint density at radius 1 is 1.00 bits per heavy atom. The van der Waals surface area contributed by atoms with Gasteiger partial charge < -0.3 is 64.0 Å². The van der Waals surface area contributed by atoms with Gasteiger partial charge in [0, 0.05) is 44.6 Å². The van der Waals surface area contributed by atoms with Crippen LogP contribution in [0.2, 0.25) is 0 Å². The maximum absolute atomic E-state index is 14.5. The number of hydrogen-bond donors (Lipinski definition) is 5. The predicted octanol–water partition coefficient (Wildman–Crippen LogP) is 3.55. The number of carbonyl (C=O) groups excluding carboxylic acids is 1. The molecule has 3 saturated heterocycles. The van der Waals surface area contributed by atoms with Crippen LogP contribution in [-0.4, -0.2) is 168 Å². The highest BCUT2D eigenvalue weighted by Gasteiger charge is 2.58. The number of aliphatic hydroxyl groups is 4. The number of ether oxygens (including phenoxy) is 6. The van der Waals surface area contributed by atoms with Crippen LogP contribution in [0, 0.1) is 35.5 Å². The van der Waals surface area contributed by atoms with Crippen molar-refractivity contribution in [3.05, 3.63) is 0 Å². The summed E-state index contributed by atoms with van der Waals surface area (Å²) < 4.78 is 39.1. The Morgan fingerprint density at radius 2 is 1.64 bits per heavy atom. The minimum Gasteiger partial charge on any atom is -0.459 e. The summed E-state index contributed by atoms with van der Waals surface area (Å²) in [7, 11) is 5.41. The summed E-state index contributed by atoms with van der Waals surface area (Å²) in [6.07, 6.45) is 0.330. The summed E-state index contributed by atoms with van der Waals surface area (Å²) in [6.45, 7) is 24.7. The van der Waals surface area contributed by atoms with Gasteiger partial charge in [0.25, 0.3) is 0 Å². The van der Waals surface area contributed by atoms with E-state index in [-0.39, 0.29) is 50.0 Å². The third kappa shape index (κ3) is 11.8. The molecule has 0 bridgehead atoms. The van der Waals surface area contributed by atoms with Crippen LogP contribution >= 0.6 is 0 Å². The van der Waals surface area contributed by atoms with Crippen LogP contribution in [0.15, 0.2) is 0 Å². The van der Waals surface area contributed by atoms with Gasteiger partial charge >= 0.3 is 5.97 Å². The average Bonchev–Trinajstić information content (AvgIpc) is 3.16. The Labute approximate surface area is 356 Å². The van der Waals surface area contributed by atoms with Gasteiger partial charge in [-0.05, 0) is 99.2 Å². The minimum atomic E-state index is -1.76. The first-order valence-corrected chi connectivity index (χ1v) is 22.1. The molecule has 17 atom stereocenters. The smallest absolute Gasteiger partial charge is 0.311 e. The fraction of sp³-hybridized carbons (Fsp3) is 0.933. The Bertz CT molecular complexity index is 1360. The topological polar surface area (TPSA) is 172 Å². The van der Waals surface area contributed by atoms with E-state index in [0.717, 1.165) is 13.0 Å². The number of rotatable bonds is 12. The SMILES string of the molecule is C#CCNC[C@@]1(O)[C@H](C)O[C@H](O[C@@H]2[C@H](C)[C@@H](O[C@@H]3O[C@H](C)C[C@H](N(C)C)[C@H]3O)C(C)(C)C[C@@H](C)N(CCC)C[C@H](C)[C@@H](O)[C@](C)(O)[C@@H](CC)OC(=O)[C@@H]2C)C[C@]1(C)OC. The van der Waals surface area contributed by atoms with E-state index in [2.05, 4.69) is 43.8 Å². The molecule has 3 heterocycles. The number of hydrogen-bond acceptors (Lipinski definition) is 14. The van der Waals surface area contributed by atoms with Crippen molar-refractivity contribution in [1.29, 1.82) is 0 Å². The lowest BCUT2D eigenvalue weighted by Gasteiger charge is -2.54. The van der Waals surface area contributed by atoms with Crippen molar-refractivity contribution in [1.82, 2.24) is 15.1 Å². The van der Waals surface area contributed by atoms with Crippen LogP contribution in [0.5, 0.6) is 0 Å². The Kier molecular flexibility index (Phi) is 18.7. The van der Waals surface area contributed by atoms with E-state index in [4.69, 9.17) is 34.8 Å². The molecule has 0 aromatic heterocycles. The molecule has 0 spiro atoms. The predicted molar refractivity (Wildman–Crippen MR) is 227 cm³/mol. The number of carbonyl (C=O) groups is 1. The van der Waals surface area contributed by atoms with Crippen molar-refractivity contribution < 1.29 is 53.6 Å². The molecule has 3 aliphatic rings. The maximum Gasteiger partial charge on any atom is 0.311 e. The largest absolute Gasteiger partial charge is 0.459 e. The number of nitrogens with zero attached hydrogens (tertiary/aromatic N) is 2. The maximum atomic E-state index is 14.5. The molecular weight excluding hydrogens is 759 g/mol. The summed E-state index contributed by atoms with van der Waals surface area (Å²) in [4.78, 5) is 18.8. The number of methoxy groups -OCH3 is 1. The molecule has 0 aromatic rings. The van der Waals surface area contributed by atoms with E-state index >= 15 is 0 Å². The highest BCUT2D eigenvalue weighted by Crippen LogP contribution is 2.45. The lowest BCUT2D eigenvalue weighted by molar-refractivity contribution is -0.334. The number of nitrogens with one attached hydrogen (secondary N) is 1. The Hall–Kier alpha value is -1.45. The van der Waals surface area contributed by atoms with E-state index in [9.17, 15) is 25.2 Å². The van der Waals surface area contributed by atoms with E-state index in [0.29, 0.717) is 19.4 Å². The van der Waals surface area contributed by atoms with Crippen LogP contribution in [0.3, 0.4) is 0 Å². The minimum absolute atomic E-state index is 0.000892. The van der Waals surface area contributed by atoms with E-state index in [1.54, 1.807) is 20.8 Å². The van der Waals surface area contributed by atoms with Gasteiger partial charge in [-0.15, -0.1) is 6.42 Å². The number of likely N-dealkylation sites (N-methyl/N-ethyl adjacent to an activating group) is 1. The summed E-state index contributed by atoms with van der Waals surface area (Å²) >= 11 is 0. The molecule has 3 rings (SSSR count). The molecule has 0 aliphatic carbocycles. The number of terminal acetylenes is 1. The molecular formula is C45H83N3O11. The molecule has 0 amide bonds. The van der Waals surface area contributed by atoms with Gasteiger partial charge in [0.2, 0.25) is 0 Å². The Morgan fingerprint density at radius 3 is 2.20 bits per heavy atom. The average molecular weight is 842 g/mol. The monoisotopic (exact) mass is 842 g/mol. The summed E-state index contributed by atoms with van der Waals surface area (Å²) in [5.41, 5.74) is -5.02. The first-order valence-electron chi connectivity index (χ1n) is 22.1. The van der Waals surface area contributed by atoms with Crippen molar-refractivity contribution in [3.8, 4) is 12.3 Å². The third-order valence-corrected chi connectivity index (χ3v) is 14.0. The second-order valence-electron chi connectivity index (χ2n) is 19.5. The summed E-state index contributed by atoms with van der Waals surface area (Å²) in [5.74, 6) is 0.0608. The highest BCUT2D eigenvalue weighted by molar-refractivity contribution is 5.73. The van der Waals surface area contributed by atoms with Crippen molar-refractivity contribution in [2.24, 2.45) is 23.2 Å². The molecule has 0 radical (unpaired) electrons. The van der Waals surface area contributed by atoms with Crippen LogP contribution < -0.4 is 5.32 Å². The van der Waals surface area contributed by atoms with E-state index in [1.807, 2.05) is 46.7 Å². The van der Waals surface area contributed by atoms with Crippen molar-refractivity contribution >= 4 is 5.97 Å². The first kappa shape index (κ1) is 51.9. The molecule has 59 heavy (non-hydrogen) atoms. The molecule has 3 fully saturated rings. The molecule has 0 unspecified atom stereocenters. The second-order valence-corrected chi connectivity index (χ2v) is 19.5. The molecule has 14 heteroatoms. The first-order chi connectivity index (χ1) is 27.3. The van der Waals surface area contributed by atoms with Gasteiger partial charge in [0.15, 0.2) is 12.6 Å². The summed E-state index contributed by atoms with van der Waals surface area (Å²) in [5, 5.41) is 50.6. The molecule has 5 N–H and O–H groups in total. The van der Waals surface area contributed by atoms with Crippen LogP contribution in [-0.2, 0) is 33.2 Å². The van der Waals surface area contributed by atoms with Gasteiger partial charge in [-0.3, -0.25) is 4.79 Å². The molecule has 344 valence electrons. The van der Waals surface area contributed by atoms with E-state index < -0.39 is 89.2 Å². The van der Waals surface area contributed by atoms with Crippen molar-refractivity contribution in [2.75, 3.05) is 47.4 Å². The second kappa shape index (κ2) is 21.3. The van der Waals surface area contributed by atoms with Gasteiger partial charge in [-0.2, -0.15) is 0 Å². The molecule has 0 saturated carbocycles. The van der Waals surface area contributed by atoms with Crippen LogP contribution in [0.1, 0.15) is 115 Å². The lowest BCUT2D eigenvalue weighted by atomic mass is 9.72. The molecule has 14 nitrogen and oxygen atoms in total. The zero-order valence-electron chi connectivity index (χ0n) is 39.1. The third-order valence-electron chi connectivity index (χ3n) is 14.0. The zero-order valence-corrected chi connectivity index (χ0v) is 39.1. The van der Waals surface area contributed by atoms with Gasteiger partial charge in [-0.25, -0.2) is 0 Å². The standard InChI is InChI=1S/C45H83N3O11/c1-17-20-46-26-45(53)32(9)56-35(24-43(45,12)54-16)58-37-30(7)39(59-41-36(49)33(47(14)15)22-29(6)55-41)42(10,11)23-28(5)48(21-18-2)25-27(4)38(50)44(13,52)34(19-3)57-40(51)31(37)8/h1,27-39,41,46,49-50,52-53H,18-26H2,2-16H3/t27-,28+,29+,30-,31+,32-,33-,34+,35+,36+,37+,38+,39+,41-,43-,44+,45+/m0/s1. The van der Waals surface area contributed by atoms with Gasteiger partial charge in [-0.1, -0.05) is 47.5 Å². The fourth-order valence-corrected chi connectivity index (χ4v) is 10.2. The van der Waals surface area contributed by atoms with Crippen LogP contribution in [0.25, 0.3) is 0 Å². The molecule has 0 aromatic carbocycles. The van der Waals surface area contributed by atoms with E-state index in [1.165, 1.54) is 14.0 Å². The van der Waals surface area contributed by atoms with Gasteiger partial charge in [0.05, 0.1) is 43.0 Å². The van der Waals surface area contributed by atoms with Crippen LogP contribution in [0.4, 0.5) is 0 Å². The molecule has 3 aliphatic heterocycles. The Balaban J connectivity index is 2.23. The van der Waals surface area contributed by atoms with Crippen molar-refractivity contribution in [3.63, 3.8) is 0 Å². The number of esters is 1. The van der Waals surface area contributed by atoms with Gasteiger partial charge in [0.1, 0.15) is 29.0 Å². The normalized spacial score (nSPS) is 44.6. The highest BCUT2D eigenvalue weighted by atomic mass is 16.7. The quantitative estimate of drug-likeness (QED) is 0.110. The van der Waals surface area contributed by atoms with Crippen molar-refractivity contribution in [2.45, 2.75) is 199 Å². The summed E-state index contributed by atoms with van der Waals surface area (Å²) in [6, 6.07) is -0.213. The fourth-order valence-electron chi connectivity index (χ4n) is 10.2. The number of cyclic esters (lactones) is 1. The lowest BCUT2D eigenvalue weighted by Crippen LogP contribution is -2.70. The zero-order chi connectivity index (χ0) is 44.8. The number of aliphatic hydroxyl groups excluding tert-OH is 2.